The number of fused-ring (bicyclic) bond motifs is 1. The van der Waals surface area contributed by atoms with E-state index in [1.807, 2.05) is 28.7 Å². The molecule has 0 bridgehead atoms. The van der Waals surface area contributed by atoms with Gasteiger partial charge in [0.05, 0.1) is 18.8 Å². The van der Waals surface area contributed by atoms with E-state index in [4.69, 9.17) is 16.3 Å². The third-order valence-corrected chi connectivity index (χ3v) is 3.18. The number of halogens is 1. The molecule has 0 aliphatic heterocycles. The van der Waals surface area contributed by atoms with Gasteiger partial charge < -0.3 is 10.1 Å². The molecule has 0 fully saturated rings. The van der Waals surface area contributed by atoms with Gasteiger partial charge in [0.2, 0.25) is 5.95 Å². The fourth-order valence-corrected chi connectivity index (χ4v) is 2.14. The summed E-state index contributed by atoms with van der Waals surface area (Å²) >= 11 is 5.99. The molecule has 6 heteroatoms. The van der Waals surface area contributed by atoms with Crippen molar-refractivity contribution in [1.82, 2.24) is 14.4 Å². The van der Waals surface area contributed by atoms with Crippen molar-refractivity contribution in [2.24, 2.45) is 0 Å². The van der Waals surface area contributed by atoms with Crippen LogP contribution in [-0.4, -0.2) is 21.5 Å². The number of benzene rings is 1. The number of ether oxygens (including phenoxy) is 1. The van der Waals surface area contributed by atoms with Gasteiger partial charge in [0, 0.05) is 12.6 Å². The smallest absolute Gasteiger partial charge is 0.210 e. The van der Waals surface area contributed by atoms with Crippen molar-refractivity contribution in [2.75, 3.05) is 12.4 Å². The lowest BCUT2D eigenvalue weighted by atomic mass is 10.2. The summed E-state index contributed by atoms with van der Waals surface area (Å²) in [4.78, 5) is 8.36. The summed E-state index contributed by atoms with van der Waals surface area (Å²) < 4.78 is 6.99. The Hall–Kier alpha value is -2.27. The van der Waals surface area contributed by atoms with Crippen molar-refractivity contribution in [3.05, 3.63) is 53.6 Å². The molecule has 1 aromatic carbocycles. The van der Waals surface area contributed by atoms with Crippen LogP contribution in [0.3, 0.4) is 0 Å². The number of nitrogens with one attached hydrogen (secondary N) is 1. The van der Waals surface area contributed by atoms with E-state index in [-0.39, 0.29) is 0 Å². The van der Waals surface area contributed by atoms with E-state index >= 15 is 0 Å². The highest BCUT2D eigenvalue weighted by atomic mass is 35.5. The van der Waals surface area contributed by atoms with E-state index in [1.165, 1.54) is 0 Å². The average molecular weight is 289 g/mol. The Morgan fingerprint density at radius 3 is 2.85 bits per heavy atom. The number of rotatable bonds is 4. The summed E-state index contributed by atoms with van der Waals surface area (Å²) in [5.41, 5.74) is 2.03. The number of hydrogen-bond acceptors (Lipinski definition) is 4. The molecule has 3 rings (SSSR count). The van der Waals surface area contributed by atoms with Crippen molar-refractivity contribution >= 4 is 23.1 Å². The monoisotopic (exact) mass is 288 g/mol. The summed E-state index contributed by atoms with van der Waals surface area (Å²) in [5, 5.41) is 3.69. The van der Waals surface area contributed by atoms with Crippen molar-refractivity contribution < 1.29 is 4.74 Å². The van der Waals surface area contributed by atoms with Crippen LogP contribution < -0.4 is 10.1 Å². The second-order valence-corrected chi connectivity index (χ2v) is 4.68. The Labute approximate surface area is 121 Å². The third-order valence-electron chi connectivity index (χ3n) is 2.98. The quantitative estimate of drug-likeness (QED) is 0.750. The van der Waals surface area contributed by atoms with Gasteiger partial charge in [-0.05, 0) is 17.7 Å². The first-order valence-electron chi connectivity index (χ1n) is 6.11. The Morgan fingerprint density at radius 2 is 2.10 bits per heavy atom. The molecule has 20 heavy (non-hydrogen) atoms. The molecule has 2 aromatic heterocycles. The minimum absolute atomic E-state index is 0.440. The van der Waals surface area contributed by atoms with Gasteiger partial charge in [-0.25, -0.2) is 9.97 Å². The Morgan fingerprint density at radius 1 is 1.30 bits per heavy atom. The standard InChI is InChI=1S/C14H13ClN4O/c1-20-12-4-2-10(3-5-12)7-17-14-18-13(15)6-11-8-16-9-19(11)14/h2-6,8-9H,7H2,1H3,(H,17,18). The number of imidazole rings is 1. The van der Waals surface area contributed by atoms with Gasteiger partial charge in [-0.1, -0.05) is 23.7 Å². The van der Waals surface area contributed by atoms with Crippen molar-refractivity contribution in [3.8, 4) is 5.75 Å². The number of anilines is 1. The molecule has 0 amide bonds. The summed E-state index contributed by atoms with van der Waals surface area (Å²) in [6, 6.07) is 9.63. The van der Waals surface area contributed by atoms with E-state index in [9.17, 15) is 0 Å². The van der Waals surface area contributed by atoms with Crippen LogP contribution >= 0.6 is 11.6 Å². The summed E-state index contributed by atoms with van der Waals surface area (Å²) in [7, 11) is 1.65. The van der Waals surface area contributed by atoms with Crippen LogP contribution in [-0.2, 0) is 6.54 Å². The second-order valence-electron chi connectivity index (χ2n) is 4.29. The first-order chi connectivity index (χ1) is 9.76. The minimum atomic E-state index is 0.440. The maximum atomic E-state index is 5.99. The molecule has 0 aliphatic carbocycles. The van der Waals surface area contributed by atoms with Crippen molar-refractivity contribution in [3.63, 3.8) is 0 Å². The molecule has 102 valence electrons. The Kier molecular flexibility index (Phi) is 3.43. The number of nitrogens with zero attached hydrogens (tertiary/aromatic N) is 3. The molecule has 0 unspecified atom stereocenters. The van der Waals surface area contributed by atoms with Crippen LogP contribution in [0.5, 0.6) is 5.75 Å². The fraction of sp³-hybridized carbons (Fsp3) is 0.143. The van der Waals surface area contributed by atoms with E-state index < -0.39 is 0 Å². The van der Waals surface area contributed by atoms with Gasteiger partial charge in [-0.3, -0.25) is 4.40 Å². The molecule has 0 radical (unpaired) electrons. The maximum absolute atomic E-state index is 5.99. The van der Waals surface area contributed by atoms with Gasteiger partial charge in [-0.2, -0.15) is 0 Å². The summed E-state index contributed by atoms with van der Waals surface area (Å²) in [5.74, 6) is 1.51. The number of aromatic nitrogens is 3. The van der Waals surface area contributed by atoms with E-state index in [2.05, 4.69) is 15.3 Å². The van der Waals surface area contributed by atoms with Crippen LogP contribution in [0.4, 0.5) is 5.95 Å². The van der Waals surface area contributed by atoms with Gasteiger partial charge in [0.1, 0.15) is 17.2 Å². The zero-order valence-electron chi connectivity index (χ0n) is 10.9. The van der Waals surface area contributed by atoms with E-state index in [1.54, 1.807) is 25.7 Å². The molecule has 1 N–H and O–H groups in total. The minimum Gasteiger partial charge on any atom is -0.497 e. The first-order valence-corrected chi connectivity index (χ1v) is 6.49. The SMILES string of the molecule is COc1ccc(CNc2nc(Cl)cc3cncn23)cc1. The van der Waals surface area contributed by atoms with Crippen LogP contribution in [0.1, 0.15) is 5.56 Å². The summed E-state index contributed by atoms with van der Waals surface area (Å²) in [6.07, 6.45) is 3.45. The van der Waals surface area contributed by atoms with E-state index in [0.717, 1.165) is 16.8 Å². The van der Waals surface area contributed by atoms with Gasteiger partial charge in [0.15, 0.2) is 0 Å². The van der Waals surface area contributed by atoms with Crippen LogP contribution in [0.2, 0.25) is 5.15 Å². The predicted molar refractivity (Wildman–Crippen MR) is 78.3 cm³/mol. The van der Waals surface area contributed by atoms with Crippen LogP contribution in [0, 0.1) is 0 Å². The topological polar surface area (TPSA) is 51.5 Å². The Balaban J connectivity index is 1.80. The van der Waals surface area contributed by atoms with E-state index in [0.29, 0.717) is 17.6 Å². The molecular weight excluding hydrogens is 276 g/mol. The average Bonchev–Trinajstić information content (AvgIpc) is 2.93. The number of hydrogen-bond donors (Lipinski definition) is 1. The molecule has 0 spiro atoms. The van der Waals surface area contributed by atoms with Gasteiger partial charge in [0.25, 0.3) is 0 Å². The third kappa shape index (κ3) is 2.53. The molecule has 5 nitrogen and oxygen atoms in total. The molecule has 0 aliphatic rings. The van der Waals surface area contributed by atoms with Crippen LogP contribution in [0.25, 0.3) is 5.52 Å². The molecule has 3 aromatic rings. The van der Waals surface area contributed by atoms with Gasteiger partial charge in [-0.15, -0.1) is 0 Å². The van der Waals surface area contributed by atoms with Crippen molar-refractivity contribution in [1.29, 1.82) is 0 Å². The highest BCUT2D eigenvalue weighted by Crippen LogP contribution is 2.17. The highest BCUT2D eigenvalue weighted by Gasteiger charge is 2.04. The van der Waals surface area contributed by atoms with Gasteiger partial charge >= 0.3 is 0 Å². The highest BCUT2D eigenvalue weighted by molar-refractivity contribution is 6.29. The molecule has 0 saturated heterocycles. The van der Waals surface area contributed by atoms with Crippen LogP contribution in [0.15, 0.2) is 42.9 Å². The lowest BCUT2D eigenvalue weighted by molar-refractivity contribution is 0.414. The lowest BCUT2D eigenvalue weighted by Crippen LogP contribution is -2.06. The molecular formula is C14H13ClN4O. The normalized spacial score (nSPS) is 10.7. The van der Waals surface area contributed by atoms with Crippen molar-refractivity contribution in [2.45, 2.75) is 6.54 Å². The number of methoxy groups -OCH3 is 1. The molecule has 2 heterocycles. The zero-order chi connectivity index (χ0) is 13.9. The zero-order valence-corrected chi connectivity index (χ0v) is 11.6. The predicted octanol–water partition coefficient (Wildman–Crippen LogP) is 3.00. The summed E-state index contributed by atoms with van der Waals surface area (Å²) in [6.45, 7) is 0.643. The maximum Gasteiger partial charge on any atom is 0.210 e. The fourth-order valence-electron chi connectivity index (χ4n) is 1.95. The molecule has 0 saturated carbocycles. The Bertz CT molecular complexity index is 724. The lowest BCUT2D eigenvalue weighted by Gasteiger charge is -2.09. The largest absolute Gasteiger partial charge is 0.497 e. The molecule has 0 atom stereocenters. The first kappa shape index (κ1) is 12.7. The second kappa shape index (κ2) is 5.38.